The summed E-state index contributed by atoms with van der Waals surface area (Å²) >= 11 is 1.14. The fourth-order valence-electron chi connectivity index (χ4n) is 2.77. The van der Waals surface area contributed by atoms with Gasteiger partial charge in [-0.3, -0.25) is 10.1 Å². The van der Waals surface area contributed by atoms with Crippen LogP contribution in [-0.2, 0) is 0 Å². The van der Waals surface area contributed by atoms with E-state index in [-0.39, 0.29) is 11.4 Å². The molecule has 5 heteroatoms. The van der Waals surface area contributed by atoms with Gasteiger partial charge in [-0.1, -0.05) is 60.7 Å². The highest BCUT2D eigenvalue weighted by molar-refractivity contribution is 7.95. The molecule has 0 unspecified atom stereocenters. The number of rotatable bonds is 4. The molecule has 4 aromatic carbocycles. The molecule has 4 aromatic rings. The van der Waals surface area contributed by atoms with Crippen LogP contribution in [0.1, 0.15) is 0 Å². The van der Waals surface area contributed by atoms with Crippen molar-refractivity contribution in [3.63, 3.8) is 0 Å². The summed E-state index contributed by atoms with van der Waals surface area (Å²) < 4.78 is 5.78. The van der Waals surface area contributed by atoms with Crippen LogP contribution >= 0.6 is 12.0 Å². The quantitative estimate of drug-likeness (QED) is 0.258. The Bertz CT molecular complexity index is 1090. The summed E-state index contributed by atoms with van der Waals surface area (Å²) in [4.78, 5) is 11.9. The molecule has 0 saturated carbocycles. The van der Waals surface area contributed by atoms with Crippen molar-refractivity contribution < 1.29 is 9.11 Å². The smallest absolute Gasteiger partial charge is 0.313 e. The van der Waals surface area contributed by atoms with Gasteiger partial charge in [0.1, 0.15) is 0 Å². The Morgan fingerprint density at radius 2 is 1.44 bits per heavy atom. The van der Waals surface area contributed by atoms with Gasteiger partial charge in [0.2, 0.25) is 5.75 Å². The van der Waals surface area contributed by atoms with E-state index in [1.54, 1.807) is 12.1 Å². The van der Waals surface area contributed by atoms with Crippen molar-refractivity contribution >= 4 is 39.3 Å². The first kappa shape index (κ1) is 15.5. The van der Waals surface area contributed by atoms with E-state index in [1.807, 2.05) is 66.7 Å². The maximum atomic E-state index is 11.4. The van der Waals surface area contributed by atoms with Gasteiger partial charge in [0.25, 0.3) is 0 Å². The summed E-state index contributed by atoms with van der Waals surface area (Å²) in [5.41, 5.74) is -0.0357. The molecule has 0 radical (unpaired) electrons. The summed E-state index contributed by atoms with van der Waals surface area (Å²) in [6.07, 6.45) is 0. The molecule has 0 atom stereocenters. The van der Waals surface area contributed by atoms with E-state index in [1.165, 1.54) is 0 Å². The minimum Gasteiger partial charge on any atom is -0.413 e. The summed E-state index contributed by atoms with van der Waals surface area (Å²) in [5, 5.41) is 15.3. The molecule has 0 heterocycles. The largest absolute Gasteiger partial charge is 0.413 e. The molecule has 0 amide bonds. The van der Waals surface area contributed by atoms with E-state index < -0.39 is 4.92 Å². The van der Waals surface area contributed by atoms with Crippen molar-refractivity contribution in [2.24, 2.45) is 0 Å². The lowest BCUT2D eigenvalue weighted by Gasteiger charge is -2.08. The van der Waals surface area contributed by atoms with E-state index in [4.69, 9.17) is 4.18 Å². The molecule has 4 nitrogen and oxygen atoms in total. The van der Waals surface area contributed by atoms with Crippen LogP contribution in [0.2, 0.25) is 0 Å². The van der Waals surface area contributed by atoms with Gasteiger partial charge < -0.3 is 4.18 Å². The molecule has 0 saturated heterocycles. The SMILES string of the molecule is O=[N+]([O-])c1cc2ccccc2cc1OSc1cccc2ccccc12. The Labute approximate surface area is 148 Å². The average Bonchev–Trinajstić information content (AvgIpc) is 2.65. The lowest BCUT2D eigenvalue weighted by Crippen LogP contribution is -1.93. The van der Waals surface area contributed by atoms with Crippen molar-refractivity contribution in [3.05, 3.63) is 89.0 Å². The monoisotopic (exact) mass is 347 g/mol. The van der Waals surface area contributed by atoms with Crippen LogP contribution < -0.4 is 4.18 Å². The number of fused-ring (bicyclic) bond motifs is 2. The number of nitrogens with zero attached hydrogens (tertiary/aromatic N) is 1. The fourth-order valence-corrected chi connectivity index (χ4v) is 3.50. The first-order valence-corrected chi connectivity index (χ1v) is 8.46. The normalized spacial score (nSPS) is 10.9. The van der Waals surface area contributed by atoms with E-state index >= 15 is 0 Å². The van der Waals surface area contributed by atoms with Crippen LogP contribution in [0.25, 0.3) is 21.5 Å². The van der Waals surface area contributed by atoms with Crippen LogP contribution in [0.5, 0.6) is 5.75 Å². The molecule has 122 valence electrons. The first-order valence-electron chi connectivity index (χ1n) is 7.72. The molecule has 0 N–H and O–H groups in total. The molecule has 0 aromatic heterocycles. The topological polar surface area (TPSA) is 52.4 Å². The van der Waals surface area contributed by atoms with E-state index in [2.05, 4.69) is 0 Å². The lowest BCUT2D eigenvalue weighted by atomic mass is 10.1. The Hall–Kier alpha value is -3.05. The summed E-state index contributed by atoms with van der Waals surface area (Å²) in [6, 6.07) is 24.7. The second kappa shape index (κ2) is 6.45. The van der Waals surface area contributed by atoms with Gasteiger partial charge in [-0.25, -0.2) is 0 Å². The number of benzene rings is 4. The molecular formula is C20H13NO3S. The number of hydrogen-bond donors (Lipinski definition) is 0. The zero-order chi connectivity index (χ0) is 17.2. The highest BCUT2D eigenvalue weighted by Crippen LogP contribution is 2.37. The number of nitro groups is 1. The van der Waals surface area contributed by atoms with Crippen LogP contribution in [-0.4, -0.2) is 4.92 Å². The lowest BCUT2D eigenvalue weighted by molar-refractivity contribution is -0.385. The third kappa shape index (κ3) is 3.02. The maximum absolute atomic E-state index is 11.4. The fraction of sp³-hybridized carbons (Fsp3) is 0. The Kier molecular flexibility index (Phi) is 3.99. The van der Waals surface area contributed by atoms with Gasteiger partial charge in [-0.15, -0.1) is 0 Å². The maximum Gasteiger partial charge on any atom is 0.313 e. The van der Waals surface area contributed by atoms with E-state index in [9.17, 15) is 10.1 Å². The summed E-state index contributed by atoms with van der Waals surface area (Å²) in [6.45, 7) is 0. The van der Waals surface area contributed by atoms with Gasteiger partial charge in [0.05, 0.1) is 21.9 Å². The van der Waals surface area contributed by atoms with Crippen molar-refractivity contribution in [2.75, 3.05) is 0 Å². The highest BCUT2D eigenvalue weighted by Gasteiger charge is 2.17. The van der Waals surface area contributed by atoms with Crippen molar-refractivity contribution in [3.8, 4) is 5.75 Å². The number of nitro benzene ring substituents is 1. The zero-order valence-corrected chi connectivity index (χ0v) is 13.9. The van der Waals surface area contributed by atoms with E-state index in [0.717, 1.165) is 38.5 Å². The molecule has 0 aliphatic rings. The second-order valence-electron chi connectivity index (χ2n) is 5.57. The Morgan fingerprint density at radius 1 is 0.800 bits per heavy atom. The molecule has 25 heavy (non-hydrogen) atoms. The van der Waals surface area contributed by atoms with Crippen LogP contribution in [0.15, 0.2) is 83.8 Å². The molecule has 0 aliphatic heterocycles. The molecule has 4 rings (SSSR count). The van der Waals surface area contributed by atoms with Crippen LogP contribution in [0.4, 0.5) is 5.69 Å². The molecule has 0 fully saturated rings. The Morgan fingerprint density at radius 3 is 2.20 bits per heavy atom. The van der Waals surface area contributed by atoms with Crippen molar-refractivity contribution in [2.45, 2.75) is 4.90 Å². The third-order valence-electron chi connectivity index (χ3n) is 3.99. The van der Waals surface area contributed by atoms with Crippen LogP contribution in [0.3, 0.4) is 0 Å². The third-order valence-corrected chi connectivity index (χ3v) is 4.79. The van der Waals surface area contributed by atoms with Crippen LogP contribution in [0, 0.1) is 10.1 Å². The van der Waals surface area contributed by atoms with Gasteiger partial charge >= 0.3 is 5.69 Å². The van der Waals surface area contributed by atoms with E-state index in [0.29, 0.717) is 0 Å². The number of hydrogen-bond acceptors (Lipinski definition) is 4. The van der Waals surface area contributed by atoms with Gasteiger partial charge in [-0.2, -0.15) is 0 Å². The Balaban J connectivity index is 1.72. The van der Waals surface area contributed by atoms with Crippen molar-refractivity contribution in [1.82, 2.24) is 0 Å². The standard InChI is InChI=1S/C20H13NO3S/c22-21(23)18-12-15-7-1-2-8-16(15)13-19(18)24-25-20-11-5-9-14-6-3-4-10-17(14)20/h1-13H. The van der Waals surface area contributed by atoms with Gasteiger partial charge in [-0.05, 0) is 33.7 Å². The van der Waals surface area contributed by atoms with Crippen molar-refractivity contribution in [1.29, 1.82) is 0 Å². The summed E-state index contributed by atoms with van der Waals surface area (Å²) in [7, 11) is 0. The molecular weight excluding hydrogens is 334 g/mol. The highest BCUT2D eigenvalue weighted by atomic mass is 32.2. The minimum absolute atomic E-state index is 0.0357. The zero-order valence-electron chi connectivity index (χ0n) is 13.1. The average molecular weight is 347 g/mol. The molecule has 0 aliphatic carbocycles. The predicted molar refractivity (Wildman–Crippen MR) is 101 cm³/mol. The molecule has 0 bridgehead atoms. The predicted octanol–water partition coefficient (Wildman–Crippen LogP) is 5.99. The van der Waals surface area contributed by atoms with Gasteiger partial charge in [0.15, 0.2) is 0 Å². The second-order valence-corrected chi connectivity index (χ2v) is 6.34. The summed E-state index contributed by atoms with van der Waals surface area (Å²) in [5.74, 6) is 0.252. The first-order chi connectivity index (χ1) is 12.2. The molecule has 0 spiro atoms. The van der Waals surface area contributed by atoms with Gasteiger partial charge in [0, 0.05) is 6.07 Å². The minimum atomic E-state index is -0.411.